The first kappa shape index (κ1) is 15.3. The summed E-state index contributed by atoms with van der Waals surface area (Å²) in [6.07, 6.45) is 8.02. The van der Waals surface area contributed by atoms with Crippen LogP contribution in [0, 0.1) is 6.92 Å². The van der Waals surface area contributed by atoms with E-state index >= 15 is 0 Å². The summed E-state index contributed by atoms with van der Waals surface area (Å²) in [7, 11) is 0. The fourth-order valence-electron chi connectivity index (χ4n) is 2.73. The average Bonchev–Trinajstić information content (AvgIpc) is 3.16. The van der Waals surface area contributed by atoms with E-state index < -0.39 is 0 Å². The molecule has 1 aromatic carbocycles. The largest absolute Gasteiger partial charge is 0.361 e. The van der Waals surface area contributed by atoms with E-state index in [0.717, 1.165) is 30.5 Å². The average molecular weight is 310 g/mol. The van der Waals surface area contributed by atoms with E-state index in [0.29, 0.717) is 13.0 Å². The zero-order valence-electron chi connectivity index (χ0n) is 13.4. The molecule has 5 nitrogen and oxygen atoms in total. The lowest BCUT2D eigenvalue weighted by Gasteiger charge is -2.05. The van der Waals surface area contributed by atoms with Crippen LogP contribution in [0.25, 0.3) is 10.9 Å². The van der Waals surface area contributed by atoms with Crippen molar-refractivity contribution in [2.75, 3.05) is 6.54 Å². The maximum absolute atomic E-state index is 11.9. The minimum Gasteiger partial charge on any atom is -0.361 e. The van der Waals surface area contributed by atoms with Crippen molar-refractivity contribution in [1.82, 2.24) is 20.1 Å². The van der Waals surface area contributed by atoms with Crippen LogP contribution in [0.5, 0.6) is 0 Å². The van der Waals surface area contributed by atoms with Gasteiger partial charge in [0.1, 0.15) is 0 Å². The number of carbonyl (C=O) groups excluding carboxylic acids is 1. The molecule has 2 N–H and O–H groups in total. The molecule has 0 aliphatic carbocycles. The van der Waals surface area contributed by atoms with E-state index in [-0.39, 0.29) is 5.91 Å². The molecule has 3 rings (SSSR count). The Morgan fingerprint density at radius 1 is 1.35 bits per heavy atom. The lowest BCUT2D eigenvalue weighted by atomic mass is 10.1. The number of fused-ring (bicyclic) bond motifs is 1. The molecule has 0 aliphatic rings. The van der Waals surface area contributed by atoms with E-state index in [1.807, 2.05) is 42.3 Å². The molecule has 23 heavy (non-hydrogen) atoms. The topological polar surface area (TPSA) is 62.7 Å². The summed E-state index contributed by atoms with van der Waals surface area (Å²) < 4.78 is 1.91. The van der Waals surface area contributed by atoms with Crippen molar-refractivity contribution < 1.29 is 4.79 Å². The summed E-state index contributed by atoms with van der Waals surface area (Å²) in [5.41, 5.74) is 3.48. The number of rotatable bonds is 7. The van der Waals surface area contributed by atoms with Gasteiger partial charge in [-0.3, -0.25) is 9.48 Å². The van der Waals surface area contributed by atoms with Crippen LogP contribution in [-0.4, -0.2) is 27.2 Å². The maximum Gasteiger partial charge on any atom is 0.220 e. The molecule has 0 aliphatic heterocycles. The van der Waals surface area contributed by atoms with E-state index in [1.54, 1.807) is 0 Å². The van der Waals surface area contributed by atoms with Gasteiger partial charge in [0.05, 0.1) is 6.20 Å². The van der Waals surface area contributed by atoms with Crippen molar-refractivity contribution in [3.63, 3.8) is 0 Å². The van der Waals surface area contributed by atoms with E-state index in [4.69, 9.17) is 0 Å². The summed E-state index contributed by atoms with van der Waals surface area (Å²) in [5, 5.41) is 8.42. The Kier molecular flexibility index (Phi) is 4.76. The summed E-state index contributed by atoms with van der Waals surface area (Å²) in [5.74, 6) is 0.104. The second-order valence-corrected chi connectivity index (χ2v) is 5.84. The Morgan fingerprint density at radius 2 is 2.22 bits per heavy atom. The van der Waals surface area contributed by atoms with Gasteiger partial charge in [-0.2, -0.15) is 5.10 Å². The number of nitrogens with zero attached hydrogens (tertiary/aromatic N) is 2. The van der Waals surface area contributed by atoms with Crippen LogP contribution in [0.1, 0.15) is 24.0 Å². The summed E-state index contributed by atoms with van der Waals surface area (Å²) in [6.45, 7) is 3.54. The van der Waals surface area contributed by atoms with Crippen molar-refractivity contribution in [3.8, 4) is 0 Å². The second-order valence-electron chi connectivity index (χ2n) is 5.84. The zero-order valence-corrected chi connectivity index (χ0v) is 13.4. The molecule has 0 fully saturated rings. The molecule has 3 aromatic rings. The quantitative estimate of drug-likeness (QED) is 0.659. The van der Waals surface area contributed by atoms with Gasteiger partial charge in [0, 0.05) is 42.8 Å². The monoisotopic (exact) mass is 310 g/mol. The van der Waals surface area contributed by atoms with Crippen LogP contribution in [0.4, 0.5) is 0 Å². The number of hydrogen-bond donors (Lipinski definition) is 2. The lowest BCUT2D eigenvalue weighted by Crippen LogP contribution is -2.25. The van der Waals surface area contributed by atoms with Crippen LogP contribution < -0.4 is 5.32 Å². The number of aromatic nitrogens is 3. The van der Waals surface area contributed by atoms with Crippen molar-refractivity contribution >= 4 is 16.8 Å². The Morgan fingerprint density at radius 3 is 3.04 bits per heavy atom. The number of amides is 1. The first-order valence-electron chi connectivity index (χ1n) is 8.03. The van der Waals surface area contributed by atoms with Crippen molar-refractivity contribution in [2.24, 2.45) is 0 Å². The highest BCUT2D eigenvalue weighted by Crippen LogP contribution is 2.18. The number of carbonyl (C=O) groups is 1. The standard InChI is InChI=1S/C18H22N4O/c1-14-11-21-22(13-14)10-4-9-19-18(23)8-7-15-12-20-17-6-3-2-5-16(15)17/h2-3,5-6,11-13,20H,4,7-10H2,1H3,(H,19,23). The molecule has 120 valence electrons. The molecule has 0 saturated carbocycles. The minimum absolute atomic E-state index is 0.104. The number of H-pyrrole nitrogens is 1. The number of benzene rings is 1. The molecule has 2 heterocycles. The van der Waals surface area contributed by atoms with Crippen molar-refractivity contribution in [1.29, 1.82) is 0 Å². The third-order valence-corrected chi connectivity index (χ3v) is 3.94. The van der Waals surface area contributed by atoms with Crippen LogP contribution in [0.3, 0.4) is 0 Å². The predicted molar refractivity (Wildman–Crippen MR) is 91.2 cm³/mol. The fourth-order valence-corrected chi connectivity index (χ4v) is 2.73. The van der Waals surface area contributed by atoms with Gasteiger partial charge in [0.2, 0.25) is 5.91 Å². The molecule has 0 spiro atoms. The normalized spacial score (nSPS) is 11.0. The van der Waals surface area contributed by atoms with Crippen LogP contribution in [0.2, 0.25) is 0 Å². The number of para-hydroxylation sites is 1. The maximum atomic E-state index is 11.9. The Hall–Kier alpha value is -2.56. The molecule has 1 amide bonds. The highest BCUT2D eigenvalue weighted by Gasteiger charge is 2.06. The van der Waals surface area contributed by atoms with Crippen molar-refractivity contribution in [3.05, 3.63) is 54.0 Å². The first-order valence-corrected chi connectivity index (χ1v) is 8.03. The molecular formula is C18H22N4O. The predicted octanol–water partition coefficient (Wildman–Crippen LogP) is 2.81. The van der Waals surface area contributed by atoms with Gasteiger partial charge in [0.15, 0.2) is 0 Å². The van der Waals surface area contributed by atoms with E-state index in [2.05, 4.69) is 27.5 Å². The second kappa shape index (κ2) is 7.13. The molecule has 0 radical (unpaired) electrons. The van der Waals surface area contributed by atoms with Crippen LogP contribution >= 0.6 is 0 Å². The smallest absolute Gasteiger partial charge is 0.220 e. The third kappa shape index (κ3) is 4.00. The summed E-state index contributed by atoms with van der Waals surface area (Å²) >= 11 is 0. The number of aromatic amines is 1. The van der Waals surface area contributed by atoms with Gasteiger partial charge in [-0.1, -0.05) is 18.2 Å². The molecule has 0 atom stereocenters. The van der Waals surface area contributed by atoms with Gasteiger partial charge in [-0.05, 0) is 37.0 Å². The number of aryl methyl sites for hydroxylation is 3. The zero-order chi connectivity index (χ0) is 16.1. The molecule has 0 saturated heterocycles. The molecule has 5 heteroatoms. The van der Waals surface area contributed by atoms with Gasteiger partial charge in [-0.15, -0.1) is 0 Å². The Balaban J connectivity index is 1.39. The van der Waals surface area contributed by atoms with Crippen molar-refractivity contribution in [2.45, 2.75) is 32.7 Å². The van der Waals surface area contributed by atoms with E-state index in [1.165, 1.54) is 10.9 Å². The van der Waals surface area contributed by atoms with Crippen LogP contribution in [0.15, 0.2) is 42.9 Å². The van der Waals surface area contributed by atoms with Gasteiger partial charge >= 0.3 is 0 Å². The molecular weight excluding hydrogens is 288 g/mol. The van der Waals surface area contributed by atoms with Crippen LogP contribution in [-0.2, 0) is 17.8 Å². The third-order valence-electron chi connectivity index (χ3n) is 3.94. The lowest BCUT2D eigenvalue weighted by molar-refractivity contribution is -0.121. The number of nitrogens with one attached hydrogen (secondary N) is 2. The first-order chi connectivity index (χ1) is 11.2. The fraction of sp³-hybridized carbons (Fsp3) is 0.333. The van der Waals surface area contributed by atoms with E-state index in [9.17, 15) is 4.79 Å². The number of hydrogen-bond acceptors (Lipinski definition) is 2. The highest BCUT2D eigenvalue weighted by molar-refractivity contribution is 5.84. The molecule has 0 unspecified atom stereocenters. The molecule has 0 bridgehead atoms. The van der Waals surface area contributed by atoms with Gasteiger partial charge in [0.25, 0.3) is 0 Å². The van der Waals surface area contributed by atoms with Gasteiger partial charge < -0.3 is 10.3 Å². The Bertz CT molecular complexity index is 787. The summed E-state index contributed by atoms with van der Waals surface area (Å²) in [4.78, 5) is 15.2. The Labute approximate surface area is 135 Å². The van der Waals surface area contributed by atoms with Gasteiger partial charge in [-0.25, -0.2) is 0 Å². The summed E-state index contributed by atoms with van der Waals surface area (Å²) in [6, 6.07) is 8.17. The highest BCUT2D eigenvalue weighted by atomic mass is 16.1. The SMILES string of the molecule is Cc1cnn(CCCNC(=O)CCc2c[nH]c3ccccc23)c1. The minimum atomic E-state index is 0.104. The molecule has 2 aromatic heterocycles.